The maximum atomic E-state index is 13.3. The minimum absolute atomic E-state index is 0.260. The molecule has 1 atom stereocenters. The molecule has 0 radical (unpaired) electrons. The van der Waals surface area contributed by atoms with Crippen molar-refractivity contribution in [3.05, 3.63) is 22.4 Å². The van der Waals surface area contributed by atoms with E-state index in [2.05, 4.69) is 20.8 Å². The molecule has 1 saturated heterocycles. The molecule has 2 rings (SSSR count). The summed E-state index contributed by atoms with van der Waals surface area (Å²) in [5, 5.41) is 9.57. The number of benzene rings is 1. The van der Waals surface area contributed by atoms with Crippen molar-refractivity contribution in [2.24, 2.45) is 5.92 Å². The van der Waals surface area contributed by atoms with E-state index in [-0.39, 0.29) is 11.9 Å². The van der Waals surface area contributed by atoms with Crippen molar-refractivity contribution in [1.82, 2.24) is 0 Å². The predicted octanol–water partition coefficient (Wildman–Crippen LogP) is 2.77. The monoisotopic (exact) mass is 316 g/mol. The highest BCUT2D eigenvalue weighted by Gasteiger charge is 2.24. The fraction of sp³-hybridized carbons (Fsp3) is 0.538. The van der Waals surface area contributed by atoms with Crippen molar-refractivity contribution in [3.63, 3.8) is 0 Å². The van der Waals surface area contributed by atoms with Gasteiger partial charge in [0.25, 0.3) is 0 Å². The van der Waals surface area contributed by atoms with Crippen LogP contribution in [0.15, 0.2) is 16.6 Å². The quantitative estimate of drug-likeness (QED) is 0.825. The Kier molecular flexibility index (Phi) is 4.12. The van der Waals surface area contributed by atoms with E-state index < -0.39 is 0 Å². The van der Waals surface area contributed by atoms with Gasteiger partial charge in [-0.05, 0) is 47.7 Å². The number of piperidine rings is 1. The number of hydrogen-bond donors (Lipinski definition) is 2. The molecule has 1 fully saturated rings. The third kappa shape index (κ3) is 2.78. The highest BCUT2D eigenvalue weighted by atomic mass is 79.9. The Morgan fingerprint density at radius 3 is 2.61 bits per heavy atom. The lowest BCUT2D eigenvalue weighted by atomic mass is 9.92. The average Bonchev–Trinajstić information content (AvgIpc) is 2.34. The van der Waals surface area contributed by atoms with Crippen molar-refractivity contribution in [1.29, 1.82) is 0 Å². The van der Waals surface area contributed by atoms with Crippen LogP contribution in [0.3, 0.4) is 0 Å². The lowest BCUT2D eigenvalue weighted by Crippen LogP contribution is -2.37. The lowest BCUT2D eigenvalue weighted by Gasteiger charge is -2.35. The maximum absolute atomic E-state index is 13.3. The van der Waals surface area contributed by atoms with Gasteiger partial charge in [-0.1, -0.05) is 0 Å². The van der Waals surface area contributed by atoms with E-state index in [1.807, 2.05) is 6.92 Å². The van der Waals surface area contributed by atoms with Crippen LogP contribution < -0.4 is 10.6 Å². The first-order valence-electron chi connectivity index (χ1n) is 6.16. The van der Waals surface area contributed by atoms with Crippen LogP contribution >= 0.6 is 15.9 Å². The summed E-state index contributed by atoms with van der Waals surface area (Å²) >= 11 is 3.18. The molecule has 0 amide bonds. The van der Waals surface area contributed by atoms with Crippen molar-refractivity contribution in [3.8, 4) is 0 Å². The second kappa shape index (κ2) is 5.45. The summed E-state index contributed by atoms with van der Waals surface area (Å²) in [6.45, 7) is 3.53. The standard InChI is InChI=1S/C13H18BrFN2O/c1-8(18)9-2-4-17(5-3-9)13-6-10(14)11(15)7-12(13)16/h6-9,18H,2-5,16H2,1H3. The summed E-state index contributed by atoms with van der Waals surface area (Å²) in [6, 6.07) is 3.08. The largest absolute Gasteiger partial charge is 0.397 e. The molecule has 3 nitrogen and oxygen atoms in total. The summed E-state index contributed by atoms with van der Waals surface area (Å²) in [5.74, 6) is 0.0153. The third-order valence-corrected chi connectivity index (χ3v) is 4.24. The van der Waals surface area contributed by atoms with E-state index in [0.29, 0.717) is 16.1 Å². The number of aliphatic hydroxyl groups excluding tert-OH is 1. The highest BCUT2D eigenvalue weighted by Crippen LogP contribution is 2.32. The molecule has 18 heavy (non-hydrogen) atoms. The Bertz CT molecular complexity index is 431. The number of hydrogen-bond acceptors (Lipinski definition) is 3. The first-order chi connectivity index (χ1) is 8.49. The molecule has 1 aromatic rings. The third-order valence-electron chi connectivity index (χ3n) is 3.63. The van der Waals surface area contributed by atoms with Crippen molar-refractivity contribution in [2.45, 2.75) is 25.9 Å². The Morgan fingerprint density at radius 2 is 2.06 bits per heavy atom. The maximum Gasteiger partial charge on any atom is 0.139 e. The van der Waals surface area contributed by atoms with Gasteiger partial charge in [0, 0.05) is 19.2 Å². The van der Waals surface area contributed by atoms with Crippen LogP contribution in [0.4, 0.5) is 15.8 Å². The van der Waals surface area contributed by atoms with Gasteiger partial charge in [0.05, 0.1) is 22.0 Å². The van der Waals surface area contributed by atoms with Gasteiger partial charge in [0.2, 0.25) is 0 Å². The van der Waals surface area contributed by atoms with E-state index in [1.165, 1.54) is 6.07 Å². The zero-order valence-electron chi connectivity index (χ0n) is 10.4. The summed E-state index contributed by atoms with van der Waals surface area (Å²) in [7, 11) is 0. The molecule has 0 aromatic heterocycles. The summed E-state index contributed by atoms with van der Waals surface area (Å²) in [5.41, 5.74) is 7.20. The predicted molar refractivity (Wildman–Crippen MR) is 75.1 cm³/mol. The number of rotatable bonds is 2. The highest BCUT2D eigenvalue weighted by molar-refractivity contribution is 9.10. The Balaban J connectivity index is 2.12. The summed E-state index contributed by atoms with van der Waals surface area (Å²) < 4.78 is 13.8. The molecular weight excluding hydrogens is 299 g/mol. The Labute approximate surface area is 115 Å². The second-order valence-corrected chi connectivity index (χ2v) is 5.74. The van der Waals surface area contributed by atoms with Crippen LogP contribution in [0, 0.1) is 11.7 Å². The fourth-order valence-corrected chi connectivity index (χ4v) is 2.78. The molecule has 0 spiro atoms. The molecule has 0 aliphatic carbocycles. The molecular formula is C13H18BrFN2O. The number of aliphatic hydroxyl groups is 1. The van der Waals surface area contributed by atoms with Crippen LogP contribution in [0.2, 0.25) is 0 Å². The van der Waals surface area contributed by atoms with Crippen LogP contribution in [0.25, 0.3) is 0 Å². The van der Waals surface area contributed by atoms with Gasteiger partial charge in [-0.15, -0.1) is 0 Å². The van der Waals surface area contributed by atoms with Gasteiger partial charge in [-0.2, -0.15) is 0 Å². The molecule has 1 aromatic carbocycles. The fourth-order valence-electron chi connectivity index (χ4n) is 2.45. The first kappa shape index (κ1) is 13.6. The average molecular weight is 317 g/mol. The molecule has 3 N–H and O–H groups in total. The van der Waals surface area contributed by atoms with Gasteiger partial charge in [0.1, 0.15) is 5.82 Å². The molecule has 1 heterocycles. The zero-order valence-corrected chi connectivity index (χ0v) is 12.0. The Morgan fingerprint density at radius 1 is 1.44 bits per heavy atom. The molecule has 0 saturated carbocycles. The molecule has 1 aliphatic rings. The van der Waals surface area contributed by atoms with E-state index >= 15 is 0 Å². The van der Waals surface area contributed by atoms with Crippen molar-refractivity contribution >= 4 is 27.3 Å². The smallest absolute Gasteiger partial charge is 0.139 e. The number of nitrogens with two attached hydrogens (primary N) is 1. The van der Waals surface area contributed by atoms with Crippen LogP contribution in [0.5, 0.6) is 0 Å². The molecule has 1 unspecified atom stereocenters. The van der Waals surface area contributed by atoms with E-state index in [1.54, 1.807) is 6.07 Å². The minimum atomic E-state index is -0.338. The summed E-state index contributed by atoms with van der Waals surface area (Å²) in [4.78, 5) is 2.15. The van der Waals surface area contributed by atoms with Gasteiger partial charge in [-0.25, -0.2) is 4.39 Å². The van der Waals surface area contributed by atoms with Crippen LogP contribution in [-0.2, 0) is 0 Å². The zero-order chi connectivity index (χ0) is 13.3. The molecule has 1 aliphatic heterocycles. The lowest BCUT2D eigenvalue weighted by molar-refractivity contribution is 0.110. The number of halogens is 2. The van der Waals surface area contributed by atoms with Gasteiger partial charge < -0.3 is 15.7 Å². The van der Waals surface area contributed by atoms with Crippen molar-refractivity contribution in [2.75, 3.05) is 23.7 Å². The normalized spacial score (nSPS) is 19.0. The first-order valence-corrected chi connectivity index (χ1v) is 6.96. The molecule has 5 heteroatoms. The van der Waals surface area contributed by atoms with E-state index in [0.717, 1.165) is 31.6 Å². The number of nitrogen functional groups attached to an aromatic ring is 1. The number of nitrogens with zero attached hydrogens (tertiary/aromatic N) is 1. The van der Waals surface area contributed by atoms with Crippen LogP contribution in [-0.4, -0.2) is 24.3 Å². The number of anilines is 2. The SMILES string of the molecule is CC(O)C1CCN(c2cc(Br)c(F)cc2N)CC1. The van der Waals surface area contributed by atoms with Gasteiger partial charge >= 0.3 is 0 Å². The van der Waals surface area contributed by atoms with E-state index in [9.17, 15) is 9.50 Å². The van der Waals surface area contributed by atoms with E-state index in [4.69, 9.17) is 5.73 Å². The summed E-state index contributed by atoms with van der Waals surface area (Å²) in [6.07, 6.45) is 1.61. The van der Waals surface area contributed by atoms with Gasteiger partial charge in [0.15, 0.2) is 0 Å². The Hall–Kier alpha value is -0.810. The molecule has 0 bridgehead atoms. The second-order valence-electron chi connectivity index (χ2n) is 4.89. The molecule has 100 valence electrons. The topological polar surface area (TPSA) is 49.5 Å². The minimum Gasteiger partial charge on any atom is -0.397 e. The van der Waals surface area contributed by atoms with Gasteiger partial charge in [-0.3, -0.25) is 0 Å². The van der Waals surface area contributed by atoms with Crippen LogP contribution in [0.1, 0.15) is 19.8 Å². The van der Waals surface area contributed by atoms with Crippen molar-refractivity contribution < 1.29 is 9.50 Å².